The van der Waals surface area contributed by atoms with E-state index in [1.54, 1.807) is 12.1 Å². The summed E-state index contributed by atoms with van der Waals surface area (Å²) in [6, 6.07) is 11.8. The molecule has 1 nitrogen and oxygen atoms in total. The van der Waals surface area contributed by atoms with Gasteiger partial charge in [-0.25, -0.2) is 0 Å². The van der Waals surface area contributed by atoms with Gasteiger partial charge in [0.15, 0.2) is 0 Å². The van der Waals surface area contributed by atoms with Crippen molar-refractivity contribution in [2.75, 3.05) is 0 Å². The van der Waals surface area contributed by atoms with Crippen LogP contribution in [-0.2, 0) is 0 Å². The highest BCUT2D eigenvalue weighted by atomic mass is 32.2. The standard InChI is InChI=1S/C15H11F5OS/c1-10-2-4-11(5-3-10)21-12-6-8-13(9-7-12)22(20)14(16)15(17,18)19/h2-9H,1H3. The van der Waals surface area contributed by atoms with Crippen molar-refractivity contribution in [2.24, 2.45) is 0 Å². The minimum absolute atomic E-state index is 0.317. The fourth-order valence-corrected chi connectivity index (χ4v) is 2.36. The highest BCUT2D eigenvalue weighted by Crippen LogP contribution is 2.37. The lowest BCUT2D eigenvalue weighted by Gasteiger charge is -2.08. The number of aryl methyl sites for hydroxylation is 1. The second kappa shape index (κ2) is 6.48. The van der Waals surface area contributed by atoms with Gasteiger partial charge in [-0.1, -0.05) is 17.7 Å². The lowest BCUT2D eigenvalue weighted by molar-refractivity contribution is -0.0644. The summed E-state index contributed by atoms with van der Waals surface area (Å²) in [5.41, 5.74) is 1.04. The van der Waals surface area contributed by atoms with Gasteiger partial charge in [-0.15, -0.1) is 0 Å². The van der Waals surface area contributed by atoms with Gasteiger partial charge >= 0.3 is 6.18 Å². The summed E-state index contributed by atoms with van der Waals surface area (Å²) < 4.78 is 68.2. The van der Waals surface area contributed by atoms with E-state index in [0.29, 0.717) is 11.5 Å². The molecule has 118 valence electrons. The van der Waals surface area contributed by atoms with Gasteiger partial charge in [0, 0.05) is 4.90 Å². The van der Waals surface area contributed by atoms with Crippen molar-refractivity contribution >= 4 is 16.0 Å². The SMILES string of the molecule is Cc1ccc(Oc2ccc(/S(F)=C(/F)C(F)(F)F)cc2)cc1. The zero-order valence-electron chi connectivity index (χ0n) is 11.3. The Hall–Kier alpha value is -1.89. The van der Waals surface area contributed by atoms with Crippen LogP contribution in [0.2, 0.25) is 0 Å². The quantitative estimate of drug-likeness (QED) is 0.382. The van der Waals surface area contributed by atoms with Crippen LogP contribution in [0.4, 0.5) is 21.4 Å². The predicted molar refractivity (Wildman–Crippen MR) is 76.8 cm³/mol. The summed E-state index contributed by atoms with van der Waals surface area (Å²) in [6.45, 7) is 1.91. The van der Waals surface area contributed by atoms with E-state index >= 15 is 0 Å². The van der Waals surface area contributed by atoms with Crippen LogP contribution in [0.1, 0.15) is 5.56 Å². The monoisotopic (exact) mass is 334 g/mol. The van der Waals surface area contributed by atoms with Crippen LogP contribution < -0.4 is 4.74 Å². The molecule has 1 unspecified atom stereocenters. The average Bonchev–Trinajstić information content (AvgIpc) is 2.48. The number of halogens is 5. The molecule has 0 bridgehead atoms. The second-order valence-electron chi connectivity index (χ2n) is 4.41. The molecule has 2 aromatic carbocycles. The summed E-state index contributed by atoms with van der Waals surface area (Å²) in [5, 5.41) is -2.64. The molecule has 0 spiro atoms. The second-order valence-corrected chi connectivity index (χ2v) is 5.76. The van der Waals surface area contributed by atoms with Gasteiger partial charge in [0.25, 0.3) is 5.12 Å². The molecule has 0 aliphatic rings. The van der Waals surface area contributed by atoms with Crippen molar-refractivity contribution in [1.82, 2.24) is 0 Å². The third-order valence-corrected chi connectivity index (χ3v) is 3.90. The fraction of sp³-hybridized carbons (Fsp3) is 0.133. The maximum Gasteiger partial charge on any atom is 0.451 e. The van der Waals surface area contributed by atoms with Gasteiger partial charge in [-0.2, -0.15) is 21.4 Å². The maximum absolute atomic E-state index is 13.5. The number of alkyl halides is 3. The van der Waals surface area contributed by atoms with E-state index in [2.05, 4.69) is 0 Å². The molecule has 0 heterocycles. The number of benzene rings is 2. The lowest BCUT2D eigenvalue weighted by Crippen LogP contribution is -2.17. The molecule has 0 N–H and O–H groups in total. The Bertz CT molecular complexity index is 675. The van der Waals surface area contributed by atoms with Crippen LogP contribution in [-0.4, -0.2) is 11.3 Å². The fourth-order valence-electron chi connectivity index (χ4n) is 1.57. The topological polar surface area (TPSA) is 9.23 Å². The van der Waals surface area contributed by atoms with E-state index < -0.39 is 27.1 Å². The van der Waals surface area contributed by atoms with Crippen molar-refractivity contribution in [1.29, 1.82) is 0 Å². The highest BCUT2D eigenvalue weighted by molar-refractivity contribution is 8.11. The zero-order chi connectivity index (χ0) is 16.3. The molecule has 0 aliphatic carbocycles. The van der Waals surface area contributed by atoms with Crippen LogP contribution in [0.15, 0.2) is 53.4 Å². The third-order valence-electron chi connectivity index (χ3n) is 2.67. The lowest BCUT2D eigenvalue weighted by atomic mass is 10.2. The van der Waals surface area contributed by atoms with Gasteiger partial charge in [0.05, 0.1) is 10.9 Å². The average molecular weight is 334 g/mol. The van der Waals surface area contributed by atoms with Crippen LogP contribution in [0, 0.1) is 6.92 Å². The number of ether oxygens (including phenoxy) is 1. The van der Waals surface area contributed by atoms with Crippen LogP contribution >= 0.6 is 10.9 Å². The molecule has 2 rings (SSSR count). The Labute approximate surface area is 126 Å². The van der Waals surface area contributed by atoms with E-state index in [1.807, 2.05) is 19.1 Å². The molecule has 0 fully saturated rings. The molecule has 2 aromatic rings. The molecule has 0 saturated heterocycles. The third kappa shape index (κ3) is 4.07. The van der Waals surface area contributed by atoms with Gasteiger partial charge in [0.2, 0.25) is 0 Å². The van der Waals surface area contributed by atoms with Crippen molar-refractivity contribution in [3.05, 3.63) is 54.1 Å². The Morgan fingerprint density at radius 1 is 0.909 bits per heavy atom. The molecule has 0 radical (unpaired) electrons. The van der Waals surface area contributed by atoms with Gasteiger partial charge < -0.3 is 4.74 Å². The molecule has 0 aromatic heterocycles. The van der Waals surface area contributed by atoms with Crippen molar-refractivity contribution < 1.29 is 26.2 Å². The van der Waals surface area contributed by atoms with Crippen molar-refractivity contribution in [3.8, 4) is 11.5 Å². The molecule has 0 amide bonds. The summed E-state index contributed by atoms with van der Waals surface area (Å²) >= 11 is 0. The van der Waals surface area contributed by atoms with Crippen LogP contribution in [0.3, 0.4) is 0 Å². The molecule has 0 aliphatic heterocycles. The van der Waals surface area contributed by atoms with E-state index in [1.165, 1.54) is 12.1 Å². The summed E-state index contributed by atoms with van der Waals surface area (Å²) in [5.74, 6) is 0.850. The van der Waals surface area contributed by atoms with Gasteiger partial charge in [-0.05, 0) is 43.3 Å². The predicted octanol–water partition coefficient (Wildman–Crippen LogP) is 5.96. The number of hydrogen-bond donors (Lipinski definition) is 0. The molecule has 1 atom stereocenters. The molecule has 22 heavy (non-hydrogen) atoms. The first-order chi connectivity index (χ1) is 10.3. The summed E-state index contributed by atoms with van der Waals surface area (Å²) in [4.78, 5) is -0.397. The van der Waals surface area contributed by atoms with Crippen molar-refractivity contribution in [3.63, 3.8) is 0 Å². The van der Waals surface area contributed by atoms with Crippen LogP contribution in [0.25, 0.3) is 0 Å². The first-order valence-corrected chi connectivity index (χ1v) is 7.24. The van der Waals surface area contributed by atoms with Crippen molar-refractivity contribution in [2.45, 2.75) is 18.0 Å². The molecular weight excluding hydrogens is 323 g/mol. The normalized spacial score (nSPS) is 13.6. The van der Waals surface area contributed by atoms with E-state index in [4.69, 9.17) is 4.74 Å². The highest BCUT2D eigenvalue weighted by Gasteiger charge is 2.38. The Morgan fingerprint density at radius 3 is 1.82 bits per heavy atom. The first-order valence-electron chi connectivity index (χ1n) is 6.12. The minimum atomic E-state index is -5.30. The smallest absolute Gasteiger partial charge is 0.451 e. The minimum Gasteiger partial charge on any atom is -0.457 e. The maximum atomic E-state index is 13.5. The number of rotatable bonds is 3. The summed E-state index contributed by atoms with van der Waals surface area (Å²) in [7, 11) is -3.14. The summed E-state index contributed by atoms with van der Waals surface area (Å²) in [6.07, 6.45) is -5.30. The molecular formula is C15H11F5OS. The number of hydrogen-bond acceptors (Lipinski definition) is 1. The van der Waals surface area contributed by atoms with E-state index in [0.717, 1.165) is 17.7 Å². The Kier molecular flexibility index (Phi) is 4.85. The van der Waals surface area contributed by atoms with Gasteiger partial charge in [-0.3, -0.25) is 0 Å². The van der Waals surface area contributed by atoms with Gasteiger partial charge in [0.1, 0.15) is 11.5 Å². The Balaban J connectivity index is 2.19. The molecule has 7 heteroatoms. The largest absolute Gasteiger partial charge is 0.457 e. The Morgan fingerprint density at radius 2 is 1.36 bits per heavy atom. The molecule has 0 saturated carbocycles. The van der Waals surface area contributed by atoms with E-state index in [-0.39, 0.29) is 0 Å². The van der Waals surface area contributed by atoms with E-state index in [9.17, 15) is 21.4 Å². The first kappa shape index (κ1) is 16.5. The van der Waals surface area contributed by atoms with Crippen LogP contribution in [0.5, 0.6) is 11.5 Å². The zero-order valence-corrected chi connectivity index (χ0v) is 12.1.